The molecule has 0 aliphatic heterocycles. The predicted octanol–water partition coefficient (Wildman–Crippen LogP) is -0.361. The van der Waals surface area contributed by atoms with Gasteiger partial charge in [-0.3, -0.25) is 0 Å². The standard InChI is InChI=1S/CH2NSSe2/c2-1(4)5-3/h2-3H. The van der Waals surface area contributed by atoms with Crippen LogP contribution in [0.15, 0.2) is 0 Å². The van der Waals surface area contributed by atoms with Crippen LogP contribution < -0.4 is 0 Å². The van der Waals surface area contributed by atoms with Crippen LogP contribution in [0.25, 0.3) is 0 Å². The van der Waals surface area contributed by atoms with E-state index in [4.69, 9.17) is 5.41 Å². The van der Waals surface area contributed by atoms with Gasteiger partial charge in [0.25, 0.3) is 0 Å². The molecule has 0 aromatic heterocycles. The molecule has 1 radical (unpaired) electrons. The molecule has 0 unspecified atom stereocenters. The van der Waals surface area contributed by atoms with Gasteiger partial charge < -0.3 is 0 Å². The van der Waals surface area contributed by atoms with Crippen LogP contribution in [0.5, 0.6) is 0 Å². The zero-order valence-electron chi connectivity index (χ0n) is 2.26. The van der Waals surface area contributed by atoms with E-state index in [1.807, 2.05) is 0 Å². The number of hydrogen-bond donors (Lipinski definition) is 2. The summed E-state index contributed by atoms with van der Waals surface area (Å²) in [4.78, 5) is 0. The van der Waals surface area contributed by atoms with Crippen molar-refractivity contribution in [2.75, 3.05) is 0 Å². The Hall–Kier alpha value is 1.06. The third-order valence-electron chi connectivity index (χ3n) is 0.0829. The maximum absolute atomic E-state index is 6.64. The van der Waals surface area contributed by atoms with E-state index in [1.165, 1.54) is 0 Å². The van der Waals surface area contributed by atoms with Crippen molar-refractivity contribution < 1.29 is 0 Å². The van der Waals surface area contributed by atoms with Crippen LogP contribution >= 0.6 is 11.0 Å². The Morgan fingerprint density at radius 2 is 2.20 bits per heavy atom. The summed E-state index contributed by atoms with van der Waals surface area (Å²) in [5, 5.41) is 6.64. The average Bonchev–Trinajstić information content (AvgIpc) is 1.38. The molecule has 0 amide bonds. The van der Waals surface area contributed by atoms with Gasteiger partial charge in [-0.1, -0.05) is 0 Å². The molecule has 0 rings (SSSR count). The fourth-order valence-corrected chi connectivity index (χ4v) is 0. The van der Waals surface area contributed by atoms with E-state index in [0.717, 1.165) is 0 Å². The summed E-state index contributed by atoms with van der Waals surface area (Å²) in [6.07, 6.45) is 0. The first-order chi connectivity index (χ1) is 2.27. The molecule has 1 N–H and O–H groups in total. The van der Waals surface area contributed by atoms with Gasteiger partial charge in [0.1, 0.15) is 0 Å². The second-order valence-electron chi connectivity index (χ2n) is 0.379. The first kappa shape index (κ1) is 6.06. The van der Waals surface area contributed by atoms with Gasteiger partial charge in [-0.2, -0.15) is 0 Å². The van der Waals surface area contributed by atoms with E-state index in [9.17, 15) is 0 Å². The molecule has 0 saturated carbocycles. The fourth-order valence-electron chi connectivity index (χ4n) is 0. The molecule has 1 nitrogen and oxygen atoms in total. The summed E-state index contributed by atoms with van der Waals surface area (Å²) in [5.74, 6) is 0. The summed E-state index contributed by atoms with van der Waals surface area (Å²) in [7, 11) is 0. The first-order valence-corrected chi connectivity index (χ1v) is 5.22. The summed E-state index contributed by atoms with van der Waals surface area (Å²) in [5.41, 5.74) is 0. The Bertz CT molecular complexity index is 44.9. The molecule has 0 fully saturated rings. The minimum absolute atomic E-state index is 0.0972. The Kier molecular flexibility index (Phi) is 3.95. The van der Waals surface area contributed by atoms with Gasteiger partial charge >= 0.3 is 49.8 Å². The monoisotopic (exact) mass is 220 g/mol. The second-order valence-corrected chi connectivity index (χ2v) is 4.73. The average molecular weight is 218 g/mol. The van der Waals surface area contributed by atoms with Crippen molar-refractivity contribution >= 4 is 44.4 Å². The van der Waals surface area contributed by atoms with Crippen molar-refractivity contribution in [3.63, 3.8) is 0 Å². The second kappa shape index (κ2) is 3.26. The molecule has 0 atom stereocenters. The van der Waals surface area contributed by atoms with Crippen LogP contribution in [0.2, 0.25) is 0 Å². The fraction of sp³-hybridized carbons (Fsp3) is 0. The van der Waals surface area contributed by atoms with Gasteiger partial charge in [-0.05, 0) is 0 Å². The normalized spacial score (nSPS) is 7.40. The third-order valence-corrected chi connectivity index (χ3v) is 3.73. The van der Waals surface area contributed by atoms with Crippen molar-refractivity contribution in [1.29, 1.82) is 5.41 Å². The topological polar surface area (TPSA) is 23.9 Å². The van der Waals surface area contributed by atoms with E-state index in [2.05, 4.69) is 27.1 Å². The van der Waals surface area contributed by atoms with E-state index < -0.39 is 0 Å². The molecule has 0 spiro atoms. The van der Waals surface area contributed by atoms with Crippen molar-refractivity contribution in [1.82, 2.24) is 0 Å². The molecule has 0 bridgehead atoms. The number of rotatable bonds is 1. The molecule has 0 heterocycles. The van der Waals surface area contributed by atoms with Crippen LogP contribution in [0.4, 0.5) is 0 Å². The molecule has 0 aliphatic carbocycles. The summed E-state index contributed by atoms with van der Waals surface area (Å²) < 4.78 is 0.556. The van der Waals surface area contributed by atoms with Gasteiger partial charge in [-0.15, -0.1) is 0 Å². The Labute approximate surface area is 49.9 Å². The molecule has 29 valence electrons. The molecular weight excluding hydrogens is 216 g/mol. The van der Waals surface area contributed by atoms with Crippen LogP contribution in [0.3, 0.4) is 0 Å². The predicted molar refractivity (Wildman–Crippen MR) is 28.2 cm³/mol. The summed E-state index contributed by atoms with van der Waals surface area (Å²) in [6.45, 7) is 0. The van der Waals surface area contributed by atoms with Gasteiger partial charge in [0.15, 0.2) is 0 Å². The Morgan fingerprint density at radius 1 is 2.00 bits per heavy atom. The molecule has 0 aromatic rings. The van der Waals surface area contributed by atoms with E-state index in [1.54, 1.807) is 0 Å². The third kappa shape index (κ3) is 5.06. The van der Waals surface area contributed by atoms with E-state index in [0.29, 0.717) is 3.51 Å². The van der Waals surface area contributed by atoms with Crippen molar-refractivity contribution in [3.8, 4) is 0 Å². The molecular formula is CH2NSSe2. The minimum atomic E-state index is 0.0972. The maximum atomic E-state index is 6.64. The van der Waals surface area contributed by atoms with E-state index >= 15 is 0 Å². The van der Waals surface area contributed by atoms with Crippen LogP contribution in [-0.4, -0.2) is 33.4 Å². The molecule has 0 aliphatic rings. The number of hydrogen-bond acceptors (Lipinski definition) is 2. The molecule has 0 saturated heterocycles. The first-order valence-electron chi connectivity index (χ1n) is 0.841. The quantitative estimate of drug-likeness (QED) is 0.341. The number of nitrogens with one attached hydrogen (secondary N) is 1. The van der Waals surface area contributed by atoms with Gasteiger partial charge in [0.05, 0.1) is 0 Å². The SMILES string of the molecule is N=C([Se])[Se]S. The summed E-state index contributed by atoms with van der Waals surface area (Å²) >= 11 is 6.44. The molecule has 5 heavy (non-hydrogen) atoms. The molecule has 4 heteroatoms. The van der Waals surface area contributed by atoms with Crippen molar-refractivity contribution in [3.05, 3.63) is 0 Å². The van der Waals surface area contributed by atoms with E-state index in [-0.39, 0.29) is 13.8 Å². The number of thiol groups is 1. The molecule has 0 aromatic carbocycles. The zero-order chi connectivity index (χ0) is 4.28. The van der Waals surface area contributed by atoms with Crippen LogP contribution in [0.1, 0.15) is 0 Å². The van der Waals surface area contributed by atoms with Crippen molar-refractivity contribution in [2.45, 2.75) is 0 Å². The van der Waals surface area contributed by atoms with Gasteiger partial charge in [0.2, 0.25) is 0 Å². The van der Waals surface area contributed by atoms with Gasteiger partial charge in [-0.25, -0.2) is 0 Å². The Morgan fingerprint density at radius 3 is 2.20 bits per heavy atom. The van der Waals surface area contributed by atoms with Crippen LogP contribution in [0, 0.1) is 5.41 Å². The van der Waals surface area contributed by atoms with Crippen molar-refractivity contribution in [2.24, 2.45) is 0 Å². The Balaban J connectivity index is 2.85. The van der Waals surface area contributed by atoms with Crippen LogP contribution in [-0.2, 0) is 0 Å². The zero-order valence-corrected chi connectivity index (χ0v) is 6.58. The van der Waals surface area contributed by atoms with Gasteiger partial charge in [0, 0.05) is 0 Å². The summed E-state index contributed by atoms with van der Waals surface area (Å²) in [6, 6.07) is 0.